The van der Waals surface area contributed by atoms with Gasteiger partial charge in [-0.1, -0.05) is 18.2 Å². The highest BCUT2D eigenvalue weighted by Crippen LogP contribution is 2.34. The van der Waals surface area contributed by atoms with Crippen molar-refractivity contribution < 1.29 is 28.6 Å². The molecule has 1 saturated heterocycles. The first-order valence-corrected chi connectivity index (χ1v) is 11.3. The molecule has 2 N–H and O–H groups in total. The van der Waals surface area contributed by atoms with Gasteiger partial charge in [-0.05, 0) is 26.8 Å². The fourth-order valence-corrected chi connectivity index (χ4v) is 3.96. The molecule has 33 heavy (non-hydrogen) atoms. The molecule has 2 aliphatic rings. The number of para-hydroxylation sites is 1. The van der Waals surface area contributed by atoms with Gasteiger partial charge >= 0.3 is 18.1 Å². The number of ether oxygens (including phenoxy) is 3. The summed E-state index contributed by atoms with van der Waals surface area (Å²) in [7, 11) is 0. The molecule has 0 radical (unpaired) electrons. The lowest BCUT2D eigenvalue weighted by molar-refractivity contribution is -0.139. The summed E-state index contributed by atoms with van der Waals surface area (Å²) in [6, 6.07) is 6.20. The molecule has 0 bridgehead atoms. The van der Waals surface area contributed by atoms with Crippen LogP contribution >= 0.6 is 0 Å². The van der Waals surface area contributed by atoms with Crippen molar-refractivity contribution in [1.82, 2.24) is 20.4 Å². The quantitative estimate of drug-likeness (QED) is 0.571. The van der Waals surface area contributed by atoms with Crippen molar-refractivity contribution in [3.63, 3.8) is 0 Å². The van der Waals surface area contributed by atoms with E-state index in [-0.39, 0.29) is 12.7 Å². The normalized spacial score (nSPS) is 18.9. The molecule has 2 heterocycles. The first-order chi connectivity index (χ1) is 16.0. The second kappa shape index (κ2) is 11.6. The lowest BCUT2D eigenvalue weighted by Gasteiger charge is -2.36. The topological polar surface area (TPSA) is 109 Å². The molecule has 0 aromatic heterocycles. The number of rotatable bonds is 8. The number of nitrogens with one attached hydrogen (secondary N) is 2. The Kier molecular flexibility index (Phi) is 8.53. The van der Waals surface area contributed by atoms with E-state index in [0.717, 1.165) is 0 Å². The Bertz CT molecular complexity index is 895. The van der Waals surface area contributed by atoms with Gasteiger partial charge in [0.25, 0.3) is 0 Å². The van der Waals surface area contributed by atoms with E-state index in [2.05, 4.69) is 15.5 Å². The van der Waals surface area contributed by atoms with E-state index in [1.807, 2.05) is 31.2 Å². The number of hydrogen-bond donors (Lipinski definition) is 2. The Labute approximate surface area is 193 Å². The van der Waals surface area contributed by atoms with E-state index in [1.54, 1.807) is 18.7 Å². The summed E-state index contributed by atoms with van der Waals surface area (Å²) in [5.41, 5.74) is 1.51. The Morgan fingerprint density at radius 3 is 2.36 bits per heavy atom. The van der Waals surface area contributed by atoms with Crippen molar-refractivity contribution in [3.05, 3.63) is 41.1 Å². The molecular weight excluding hydrogens is 428 g/mol. The molecule has 1 fully saturated rings. The largest absolute Gasteiger partial charge is 0.494 e. The molecule has 0 aliphatic carbocycles. The van der Waals surface area contributed by atoms with Gasteiger partial charge in [-0.3, -0.25) is 4.90 Å². The molecule has 10 nitrogen and oxygen atoms in total. The van der Waals surface area contributed by atoms with Gasteiger partial charge < -0.3 is 29.7 Å². The molecule has 1 aromatic carbocycles. The van der Waals surface area contributed by atoms with Gasteiger partial charge in [0.2, 0.25) is 0 Å². The van der Waals surface area contributed by atoms with Crippen LogP contribution in [0.15, 0.2) is 35.5 Å². The van der Waals surface area contributed by atoms with E-state index >= 15 is 0 Å². The zero-order valence-corrected chi connectivity index (χ0v) is 19.4. The maximum atomic E-state index is 13.0. The van der Waals surface area contributed by atoms with Gasteiger partial charge in [0.05, 0.1) is 31.4 Å². The standard InChI is InChI=1S/C23H32N4O6/c1-4-31-18-10-8-7-9-16(18)20-19(21(28)32-5-2)17(24-22(29)25-20)15-26-11-13-27(14-12-26)23(30)33-6-3/h7-10,20H,4-6,11-15H2,1-3H3,(H2,24,25,29)/t20-/m1/s1. The SMILES string of the molecule is CCOC(=O)C1=C(CN2CCN(C(=O)OCC)CC2)NC(=O)N[C@@H]1c1ccccc1OCC. The summed E-state index contributed by atoms with van der Waals surface area (Å²) in [4.78, 5) is 41.3. The third kappa shape index (κ3) is 5.95. The average Bonchev–Trinajstić information content (AvgIpc) is 2.80. The number of benzene rings is 1. The molecule has 3 rings (SSSR count). The highest BCUT2D eigenvalue weighted by Gasteiger charge is 2.36. The van der Waals surface area contributed by atoms with Gasteiger partial charge in [-0.2, -0.15) is 0 Å². The summed E-state index contributed by atoms with van der Waals surface area (Å²) in [6.45, 7) is 8.90. The lowest BCUT2D eigenvalue weighted by Crippen LogP contribution is -2.52. The summed E-state index contributed by atoms with van der Waals surface area (Å²) in [6.07, 6.45) is -0.327. The summed E-state index contributed by atoms with van der Waals surface area (Å²) in [5, 5.41) is 5.65. The third-order valence-electron chi connectivity index (χ3n) is 5.46. The van der Waals surface area contributed by atoms with E-state index in [0.29, 0.717) is 68.5 Å². The van der Waals surface area contributed by atoms with Crippen LogP contribution in [0, 0.1) is 0 Å². The molecule has 2 aliphatic heterocycles. The number of piperazine rings is 1. The second-order valence-electron chi connectivity index (χ2n) is 7.58. The van der Waals surface area contributed by atoms with Gasteiger partial charge in [0, 0.05) is 44.0 Å². The second-order valence-corrected chi connectivity index (χ2v) is 7.58. The van der Waals surface area contributed by atoms with Crippen LogP contribution in [0.5, 0.6) is 5.75 Å². The molecular formula is C23H32N4O6. The first kappa shape index (κ1) is 24.4. The third-order valence-corrected chi connectivity index (χ3v) is 5.46. The number of esters is 1. The van der Waals surface area contributed by atoms with E-state index in [4.69, 9.17) is 14.2 Å². The Hall–Kier alpha value is -3.27. The van der Waals surface area contributed by atoms with Crippen molar-refractivity contribution >= 4 is 18.1 Å². The van der Waals surface area contributed by atoms with Crippen molar-refractivity contribution in [1.29, 1.82) is 0 Å². The zero-order valence-electron chi connectivity index (χ0n) is 19.4. The van der Waals surface area contributed by atoms with Gasteiger partial charge in [-0.15, -0.1) is 0 Å². The maximum absolute atomic E-state index is 13.0. The van der Waals surface area contributed by atoms with Crippen molar-refractivity contribution in [2.45, 2.75) is 26.8 Å². The van der Waals surface area contributed by atoms with E-state index < -0.39 is 18.0 Å². The highest BCUT2D eigenvalue weighted by atomic mass is 16.6. The molecule has 3 amide bonds. The molecule has 1 atom stereocenters. The summed E-state index contributed by atoms with van der Waals surface area (Å²) in [5.74, 6) is 0.0952. The maximum Gasteiger partial charge on any atom is 0.409 e. The summed E-state index contributed by atoms with van der Waals surface area (Å²) >= 11 is 0. The van der Waals surface area contributed by atoms with Crippen molar-refractivity contribution in [2.24, 2.45) is 0 Å². The minimum atomic E-state index is -0.712. The first-order valence-electron chi connectivity index (χ1n) is 11.3. The minimum Gasteiger partial charge on any atom is -0.494 e. The van der Waals surface area contributed by atoms with Crippen LogP contribution in [0.25, 0.3) is 0 Å². The monoisotopic (exact) mass is 460 g/mol. The van der Waals surface area contributed by atoms with Crippen molar-refractivity contribution in [3.8, 4) is 5.75 Å². The average molecular weight is 461 g/mol. The van der Waals surface area contributed by atoms with Crippen LogP contribution < -0.4 is 15.4 Å². The fraction of sp³-hybridized carbons (Fsp3) is 0.522. The predicted octanol–water partition coefficient (Wildman–Crippen LogP) is 2.03. The van der Waals surface area contributed by atoms with Crippen LogP contribution in [0.3, 0.4) is 0 Å². The van der Waals surface area contributed by atoms with Crippen molar-refractivity contribution in [2.75, 3.05) is 52.5 Å². The number of hydrogen-bond acceptors (Lipinski definition) is 7. The van der Waals surface area contributed by atoms with Gasteiger partial charge in [0.1, 0.15) is 5.75 Å². The fourth-order valence-electron chi connectivity index (χ4n) is 3.96. The van der Waals surface area contributed by atoms with Crippen LogP contribution in [0.2, 0.25) is 0 Å². The number of nitrogens with zero attached hydrogens (tertiary/aromatic N) is 2. The Morgan fingerprint density at radius 2 is 1.70 bits per heavy atom. The van der Waals surface area contributed by atoms with Gasteiger partial charge in [-0.25, -0.2) is 14.4 Å². The summed E-state index contributed by atoms with van der Waals surface area (Å²) < 4.78 is 16.2. The number of carbonyl (C=O) groups excluding carboxylic acids is 3. The molecule has 0 saturated carbocycles. The predicted molar refractivity (Wildman–Crippen MR) is 121 cm³/mol. The van der Waals surface area contributed by atoms with Crippen LogP contribution in [0.1, 0.15) is 32.4 Å². The molecule has 180 valence electrons. The molecule has 1 aromatic rings. The number of urea groups is 1. The van der Waals surface area contributed by atoms with Gasteiger partial charge in [0.15, 0.2) is 0 Å². The van der Waals surface area contributed by atoms with E-state index in [1.165, 1.54) is 0 Å². The lowest BCUT2D eigenvalue weighted by atomic mass is 9.94. The highest BCUT2D eigenvalue weighted by molar-refractivity contribution is 5.95. The molecule has 0 spiro atoms. The number of amides is 3. The van der Waals surface area contributed by atoms with E-state index in [9.17, 15) is 14.4 Å². The smallest absolute Gasteiger partial charge is 0.409 e. The molecule has 0 unspecified atom stereocenters. The van der Waals surface area contributed by atoms with Crippen LogP contribution in [-0.2, 0) is 14.3 Å². The Balaban J connectivity index is 1.88. The van der Waals surface area contributed by atoms with Crippen LogP contribution in [0.4, 0.5) is 9.59 Å². The Morgan fingerprint density at radius 1 is 1.00 bits per heavy atom. The number of carbonyl (C=O) groups is 3. The molecule has 10 heteroatoms. The van der Waals surface area contributed by atoms with Crippen LogP contribution in [-0.4, -0.2) is 80.4 Å². The zero-order chi connectivity index (χ0) is 23.8. The minimum absolute atomic E-state index is 0.210.